The van der Waals surface area contributed by atoms with Gasteiger partial charge in [0, 0.05) is 18.0 Å². The van der Waals surface area contributed by atoms with Gasteiger partial charge in [-0.25, -0.2) is 4.79 Å². The molecular weight excluding hydrogens is 353 g/mol. The number of anilines is 1. The van der Waals surface area contributed by atoms with Crippen LogP contribution in [0.1, 0.15) is 33.2 Å². The minimum Gasteiger partial charge on any atom is -0.462 e. The number of esters is 1. The van der Waals surface area contributed by atoms with Gasteiger partial charge in [-0.3, -0.25) is 9.78 Å². The molecule has 1 amide bonds. The number of nitrogens with zero attached hydrogens (tertiary/aromatic N) is 1. The number of hydrogen-bond acceptors (Lipinski definition) is 5. The molecule has 0 aliphatic rings. The van der Waals surface area contributed by atoms with Gasteiger partial charge in [-0.15, -0.1) is 13.2 Å². The third-order valence-electron chi connectivity index (χ3n) is 3.22. The number of alkyl halides is 3. The molecule has 9 heteroatoms. The number of aromatic nitrogens is 1. The maximum Gasteiger partial charge on any atom is 0.573 e. The Labute approximate surface area is 146 Å². The van der Waals surface area contributed by atoms with E-state index in [-0.39, 0.29) is 23.4 Å². The molecule has 0 bridgehead atoms. The minimum absolute atomic E-state index is 0.0808. The molecule has 0 atom stereocenters. The van der Waals surface area contributed by atoms with E-state index >= 15 is 0 Å². The Bertz CT molecular complexity index is 805. The van der Waals surface area contributed by atoms with Crippen molar-refractivity contribution in [2.45, 2.75) is 20.2 Å². The second kappa shape index (κ2) is 7.85. The lowest BCUT2D eigenvalue weighted by Crippen LogP contribution is -2.18. The summed E-state index contributed by atoms with van der Waals surface area (Å²) in [7, 11) is 0. The SMILES string of the molecule is CCOC(=O)c1cncc(C)c1NC(=O)c1ccc(OC(F)(F)F)cc1. The van der Waals surface area contributed by atoms with Gasteiger partial charge >= 0.3 is 12.3 Å². The van der Waals surface area contributed by atoms with Crippen LogP contribution >= 0.6 is 0 Å². The maximum absolute atomic E-state index is 12.3. The first kappa shape index (κ1) is 19.2. The molecule has 0 aliphatic heterocycles. The monoisotopic (exact) mass is 368 g/mol. The maximum atomic E-state index is 12.3. The molecule has 0 fully saturated rings. The Hall–Kier alpha value is -3.10. The molecule has 0 spiro atoms. The van der Waals surface area contributed by atoms with Crippen LogP contribution in [-0.2, 0) is 4.74 Å². The summed E-state index contributed by atoms with van der Waals surface area (Å²) in [6, 6.07) is 4.40. The van der Waals surface area contributed by atoms with Gasteiger partial charge < -0.3 is 14.8 Å². The number of amides is 1. The van der Waals surface area contributed by atoms with Crippen LogP contribution in [0.4, 0.5) is 18.9 Å². The van der Waals surface area contributed by atoms with Crippen molar-refractivity contribution in [2.24, 2.45) is 0 Å². The summed E-state index contributed by atoms with van der Waals surface area (Å²) < 4.78 is 45.2. The number of benzene rings is 1. The van der Waals surface area contributed by atoms with E-state index < -0.39 is 24.0 Å². The van der Waals surface area contributed by atoms with Crippen molar-refractivity contribution < 1.29 is 32.2 Å². The molecule has 0 unspecified atom stereocenters. The molecule has 1 aromatic heterocycles. The highest BCUT2D eigenvalue weighted by molar-refractivity contribution is 6.08. The lowest BCUT2D eigenvalue weighted by atomic mass is 10.1. The Kier molecular flexibility index (Phi) is 5.81. The second-order valence-corrected chi connectivity index (χ2v) is 5.13. The molecule has 1 N–H and O–H groups in total. The predicted molar refractivity (Wildman–Crippen MR) is 86.0 cm³/mol. The van der Waals surface area contributed by atoms with E-state index in [0.717, 1.165) is 12.1 Å². The van der Waals surface area contributed by atoms with Gasteiger partial charge in [0.05, 0.1) is 12.3 Å². The highest BCUT2D eigenvalue weighted by atomic mass is 19.4. The molecule has 0 aliphatic carbocycles. The lowest BCUT2D eigenvalue weighted by molar-refractivity contribution is -0.274. The third-order valence-corrected chi connectivity index (χ3v) is 3.22. The molecule has 2 rings (SSSR count). The molecule has 1 heterocycles. The van der Waals surface area contributed by atoms with Gasteiger partial charge in [-0.1, -0.05) is 0 Å². The van der Waals surface area contributed by atoms with Crippen molar-refractivity contribution in [1.82, 2.24) is 4.98 Å². The lowest BCUT2D eigenvalue weighted by Gasteiger charge is -2.13. The number of carbonyl (C=O) groups excluding carboxylic acids is 2. The molecule has 138 valence electrons. The molecule has 2 aromatic rings. The van der Waals surface area contributed by atoms with E-state index in [1.165, 1.54) is 24.5 Å². The van der Waals surface area contributed by atoms with E-state index in [1.807, 2.05) is 0 Å². The highest BCUT2D eigenvalue weighted by Gasteiger charge is 2.31. The van der Waals surface area contributed by atoms with Crippen LogP contribution < -0.4 is 10.1 Å². The Morgan fingerprint density at radius 3 is 2.38 bits per heavy atom. The van der Waals surface area contributed by atoms with Gasteiger partial charge in [0.1, 0.15) is 11.3 Å². The number of hydrogen-bond donors (Lipinski definition) is 1. The van der Waals surface area contributed by atoms with E-state index in [9.17, 15) is 22.8 Å². The topological polar surface area (TPSA) is 77.5 Å². The second-order valence-electron chi connectivity index (χ2n) is 5.13. The highest BCUT2D eigenvalue weighted by Crippen LogP contribution is 2.24. The first-order valence-corrected chi connectivity index (χ1v) is 7.50. The summed E-state index contributed by atoms with van der Waals surface area (Å²) >= 11 is 0. The number of aryl methyl sites for hydroxylation is 1. The van der Waals surface area contributed by atoms with Crippen LogP contribution in [0.15, 0.2) is 36.7 Å². The average Bonchev–Trinajstić information content (AvgIpc) is 2.56. The van der Waals surface area contributed by atoms with Crippen molar-refractivity contribution in [2.75, 3.05) is 11.9 Å². The fourth-order valence-corrected chi connectivity index (χ4v) is 2.09. The van der Waals surface area contributed by atoms with Crippen molar-refractivity contribution in [3.63, 3.8) is 0 Å². The van der Waals surface area contributed by atoms with E-state index in [2.05, 4.69) is 15.0 Å². The van der Waals surface area contributed by atoms with Crippen LogP contribution in [-0.4, -0.2) is 29.8 Å². The molecule has 1 aromatic carbocycles. The van der Waals surface area contributed by atoms with E-state index in [4.69, 9.17) is 4.74 Å². The smallest absolute Gasteiger partial charge is 0.462 e. The summed E-state index contributed by atoms with van der Waals surface area (Å²) in [5.74, 6) is -1.70. The molecule has 0 saturated carbocycles. The number of nitrogens with one attached hydrogen (secondary N) is 1. The minimum atomic E-state index is -4.81. The van der Waals surface area contributed by atoms with Gasteiger partial charge in [0.2, 0.25) is 0 Å². The summed E-state index contributed by atoms with van der Waals surface area (Å²) in [6.45, 7) is 3.44. The number of ether oxygens (including phenoxy) is 2. The molecule has 26 heavy (non-hydrogen) atoms. The van der Waals surface area contributed by atoms with Crippen molar-refractivity contribution >= 4 is 17.6 Å². The van der Waals surface area contributed by atoms with Gasteiger partial charge in [-0.2, -0.15) is 0 Å². The zero-order valence-electron chi connectivity index (χ0n) is 13.9. The number of pyridine rings is 1. The van der Waals surface area contributed by atoms with Crippen LogP contribution in [0.2, 0.25) is 0 Å². The largest absolute Gasteiger partial charge is 0.573 e. The molecule has 0 radical (unpaired) electrons. The zero-order chi connectivity index (χ0) is 19.3. The predicted octanol–water partition coefficient (Wildman–Crippen LogP) is 3.72. The fraction of sp³-hybridized carbons (Fsp3) is 0.235. The summed E-state index contributed by atoms with van der Waals surface area (Å²) in [6.07, 6.45) is -2.09. The molecule has 6 nitrogen and oxygen atoms in total. The van der Waals surface area contributed by atoms with Gasteiger partial charge in [-0.05, 0) is 43.7 Å². The Morgan fingerprint density at radius 1 is 1.15 bits per heavy atom. The third kappa shape index (κ3) is 4.95. The standard InChI is InChI=1S/C17H15F3N2O4/c1-3-25-16(24)13-9-21-8-10(2)14(13)22-15(23)11-4-6-12(7-5-11)26-17(18,19)20/h4-9H,3H2,1-2H3,(H,21,22,23). The van der Waals surface area contributed by atoms with Crippen molar-refractivity contribution in [1.29, 1.82) is 0 Å². The van der Waals surface area contributed by atoms with Crippen LogP contribution in [0, 0.1) is 6.92 Å². The number of rotatable bonds is 5. The molecule has 0 saturated heterocycles. The fourth-order valence-electron chi connectivity index (χ4n) is 2.09. The average molecular weight is 368 g/mol. The van der Waals surface area contributed by atoms with Crippen molar-refractivity contribution in [3.8, 4) is 5.75 Å². The van der Waals surface area contributed by atoms with Crippen LogP contribution in [0.25, 0.3) is 0 Å². The van der Waals surface area contributed by atoms with E-state index in [1.54, 1.807) is 13.8 Å². The Morgan fingerprint density at radius 2 is 1.81 bits per heavy atom. The summed E-state index contributed by atoms with van der Waals surface area (Å²) in [4.78, 5) is 28.2. The van der Waals surface area contributed by atoms with Gasteiger partial charge in [0.25, 0.3) is 5.91 Å². The van der Waals surface area contributed by atoms with Gasteiger partial charge in [0.15, 0.2) is 0 Å². The van der Waals surface area contributed by atoms with E-state index in [0.29, 0.717) is 5.56 Å². The first-order chi connectivity index (χ1) is 12.2. The van der Waals surface area contributed by atoms with Crippen molar-refractivity contribution in [3.05, 3.63) is 53.3 Å². The summed E-state index contributed by atoms with van der Waals surface area (Å²) in [5, 5.41) is 2.56. The zero-order valence-corrected chi connectivity index (χ0v) is 13.9. The Balaban J connectivity index is 2.21. The number of halogens is 3. The van der Waals surface area contributed by atoms with Crippen LogP contribution in [0.3, 0.4) is 0 Å². The normalized spacial score (nSPS) is 11.0. The molecular formula is C17H15F3N2O4. The van der Waals surface area contributed by atoms with Crippen LogP contribution in [0.5, 0.6) is 5.75 Å². The number of carbonyl (C=O) groups is 2. The first-order valence-electron chi connectivity index (χ1n) is 7.50. The summed E-state index contributed by atoms with van der Waals surface area (Å²) in [5.41, 5.74) is 0.919. The quantitative estimate of drug-likeness (QED) is 0.814.